The Labute approximate surface area is 70.3 Å². The highest BCUT2D eigenvalue weighted by Gasteiger charge is 1.86. The Bertz CT molecular complexity index is 176. The highest BCUT2D eigenvalue weighted by Crippen LogP contribution is 2.05. The summed E-state index contributed by atoms with van der Waals surface area (Å²) in [5, 5.41) is 0. The van der Waals surface area contributed by atoms with Crippen molar-refractivity contribution in [3.63, 3.8) is 0 Å². The maximum atomic E-state index is 10.0. The van der Waals surface area contributed by atoms with Gasteiger partial charge in [-0.2, -0.15) is 0 Å². The van der Waals surface area contributed by atoms with E-state index in [1.165, 1.54) is 5.57 Å². The standard InChI is InChI=1S/C10H16O/c1-9(2)5-4-6-10(3)7-8-11/h5,7-8H,4,6H2,1-3H3/p+1/b10-7+. The van der Waals surface area contributed by atoms with E-state index in [-0.39, 0.29) is 1.43 Å². The van der Waals surface area contributed by atoms with Crippen LogP contribution in [0.5, 0.6) is 0 Å². The quantitative estimate of drug-likeness (QED) is 0.345. The molecule has 1 nitrogen and oxygen atoms in total. The summed E-state index contributed by atoms with van der Waals surface area (Å²) >= 11 is 0. The van der Waals surface area contributed by atoms with E-state index in [0.29, 0.717) is 0 Å². The average molecular weight is 153 g/mol. The predicted octanol–water partition coefficient (Wildman–Crippen LogP) is 2.99. The molecule has 0 spiro atoms. The number of rotatable bonds is 4. The van der Waals surface area contributed by atoms with Crippen LogP contribution in [0.4, 0.5) is 0 Å². The molecule has 0 fully saturated rings. The summed E-state index contributed by atoms with van der Waals surface area (Å²) in [6.45, 7) is 6.14. The van der Waals surface area contributed by atoms with Gasteiger partial charge in [-0.15, -0.1) is 0 Å². The number of carbonyl (C=O) groups excluding carboxylic acids is 1. The maximum Gasteiger partial charge on any atom is 1.00 e. The van der Waals surface area contributed by atoms with E-state index in [4.69, 9.17) is 0 Å². The Kier molecular flexibility index (Phi) is 5.44. The molecule has 0 radical (unpaired) electrons. The Morgan fingerprint density at radius 3 is 2.45 bits per heavy atom. The zero-order valence-corrected chi connectivity index (χ0v) is 7.55. The molecule has 0 heterocycles. The van der Waals surface area contributed by atoms with Crippen LogP contribution in [0.15, 0.2) is 23.3 Å². The molecule has 0 aromatic rings. The third kappa shape index (κ3) is 7.04. The molecule has 0 rings (SSSR count). The summed E-state index contributed by atoms with van der Waals surface area (Å²) in [6, 6.07) is 0. The van der Waals surface area contributed by atoms with Gasteiger partial charge in [0.15, 0.2) is 0 Å². The molecule has 0 N–H and O–H groups in total. The van der Waals surface area contributed by atoms with Crippen molar-refractivity contribution in [2.45, 2.75) is 33.6 Å². The molecular weight excluding hydrogens is 136 g/mol. The lowest BCUT2D eigenvalue weighted by atomic mass is 10.1. The van der Waals surface area contributed by atoms with Gasteiger partial charge in [0.1, 0.15) is 6.29 Å². The van der Waals surface area contributed by atoms with Gasteiger partial charge in [0.25, 0.3) is 0 Å². The molecule has 0 unspecified atom stereocenters. The lowest BCUT2D eigenvalue weighted by Gasteiger charge is -1.94. The minimum Gasteiger partial charge on any atom is -0.299 e. The van der Waals surface area contributed by atoms with E-state index >= 15 is 0 Å². The monoisotopic (exact) mass is 153 g/mol. The van der Waals surface area contributed by atoms with Crippen LogP contribution in [0, 0.1) is 0 Å². The molecule has 0 aliphatic rings. The van der Waals surface area contributed by atoms with Gasteiger partial charge in [0.2, 0.25) is 0 Å². The SMILES string of the molecule is CC(C)=CCC/C(C)=C/C=O.[H+]. The van der Waals surface area contributed by atoms with Crippen LogP contribution >= 0.6 is 0 Å². The maximum absolute atomic E-state index is 10.0. The zero-order chi connectivity index (χ0) is 8.69. The first-order valence-corrected chi connectivity index (χ1v) is 3.91. The first-order chi connectivity index (χ1) is 5.16. The van der Waals surface area contributed by atoms with E-state index < -0.39 is 0 Å². The number of hydrogen-bond donors (Lipinski definition) is 0. The molecule has 0 saturated heterocycles. The Balaban J connectivity index is 0. The van der Waals surface area contributed by atoms with Gasteiger partial charge in [0, 0.05) is 0 Å². The van der Waals surface area contributed by atoms with Gasteiger partial charge in [-0.05, 0) is 39.7 Å². The van der Waals surface area contributed by atoms with Crippen molar-refractivity contribution in [2.75, 3.05) is 0 Å². The molecule has 0 saturated carbocycles. The minimum atomic E-state index is 0. The second-order valence-corrected chi connectivity index (χ2v) is 2.97. The van der Waals surface area contributed by atoms with Crippen molar-refractivity contribution < 1.29 is 6.22 Å². The Morgan fingerprint density at radius 1 is 1.36 bits per heavy atom. The molecule has 0 atom stereocenters. The molecular formula is C10H17O+. The predicted molar refractivity (Wildman–Crippen MR) is 49.6 cm³/mol. The highest BCUT2D eigenvalue weighted by molar-refractivity contribution is 5.65. The van der Waals surface area contributed by atoms with Crippen LogP contribution in [-0.2, 0) is 4.79 Å². The Hall–Kier alpha value is -0.850. The molecule has 0 bridgehead atoms. The van der Waals surface area contributed by atoms with E-state index in [0.717, 1.165) is 24.7 Å². The van der Waals surface area contributed by atoms with Crippen molar-refractivity contribution >= 4 is 6.29 Å². The highest BCUT2D eigenvalue weighted by atomic mass is 16.1. The van der Waals surface area contributed by atoms with Gasteiger partial charge in [-0.3, -0.25) is 4.79 Å². The fourth-order valence-corrected chi connectivity index (χ4v) is 0.788. The van der Waals surface area contributed by atoms with Gasteiger partial charge in [-0.25, -0.2) is 0 Å². The average Bonchev–Trinajstić information content (AvgIpc) is 1.87. The summed E-state index contributed by atoms with van der Waals surface area (Å²) in [6.07, 6.45) is 6.68. The largest absolute Gasteiger partial charge is 1.00 e. The number of hydrogen-bond acceptors (Lipinski definition) is 1. The lowest BCUT2D eigenvalue weighted by Crippen LogP contribution is -1.77. The lowest BCUT2D eigenvalue weighted by molar-refractivity contribution is -0.104. The van der Waals surface area contributed by atoms with E-state index in [1.807, 2.05) is 6.92 Å². The molecule has 1 heteroatoms. The van der Waals surface area contributed by atoms with E-state index in [1.54, 1.807) is 6.08 Å². The van der Waals surface area contributed by atoms with E-state index in [2.05, 4.69) is 19.9 Å². The minimum absolute atomic E-state index is 0. The van der Waals surface area contributed by atoms with Crippen molar-refractivity contribution in [1.82, 2.24) is 0 Å². The summed E-state index contributed by atoms with van der Waals surface area (Å²) in [5.41, 5.74) is 2.49. The molecule has 0 aromatic heterocycles. The van der Waals surface area contributed by atoms with Crippen LogP contribution in [0.25, 0.3) is 0 Å². The van der Waals surface area contributed by atoms with Crippen LogP contribution in [0.1, 0.15) is 35.0 Å². The summed E-state index contributed by atoms with van der Waals surface area (Å²) < 4.78 is 0. The molecule has 0 aromatic carbocycles. The fraction of sp³-hybridized carbons (Fsp3) is 0.500. The second kappa shape index (κ2) is 5.90. The normalized spacial score (nSPS) is 11.0. The number of carbonyl (C=O) groups is 1. The molecule has 11 heavy (non-hydrogen) atoms. The molecule has 0 aliphatic heterocycles. The van der Waals surface area contributed by atoms with Gasteiger partial charge >= 0.3 is 1.43 Å². The summed E-state index contributed by atoms with van der Waals surface area (Å²) in [7, 11) is 0. The third-order valence-corrected chi connectivity index (χ3v) is 1.44. The Morgan fingerprint density at radius 2 is 2.00 bits per heavy atom. The second-order valence-electron chi connectivity index (χ2n) is 2.97. The number of allylic oxidation sites excluding steroid dienone is 4. The van der Waals surface area contributed by atoms with Crippen LogP contribution < -0.4 is 0 Å². The van der Waals surface area contributed by atoms with Gasteiger partial charge in [-0.1, -0.05) is 17.2 Å². The smallest absolute Gasteiger partial charge is 0.299 e. The van der Waals surface area contributed by atoms with E-state index in [9.17, 15) is 4.79 Å². The fourth-order valence-electron chi connectivity index (χ4n) is 0.788. The van der Waals surface area contributed by atoms with Crippen molar-refractivity contribution in [3.8, 4) is 0 Å². The third-order valence-electron chi connectivity index (χ3n) is 1.44. The first-order valence-electron chi connectivity index (χ1n) is 3.91. The molecule has 0 aliphatic carbocycles. The van der Waals surface area contributed by atoms with Crippen LogP contribution in [-0.4, -0.2) is 6.29 Å². The van der Waals surface area contributed by atoms with Gasteiger partial charge in [0.05, 0.1) is 0 Å². The number of aldehydes is 1. The van der Waals surface area contributed by atoms with Crippen molar-refractivity contribution in [2.24, 2.45) is 0 Å². The van der Waals surface area contributed by atoms with Gasteiger partial charge < -0.3 is 0 Å². The first kappa shape index (κ1) is 10.2. The zero-order valence-electron chi connectivity index (χ0n) is 8.55. The summed E-state index contributed by atoms with van der Waals surface area (Å²) in [5.74, 6) is 0. The molecule has 0 amide bonds. The molecule has 62 valence electrons. The van der Waals surface area contributed by atoms with Crippen molar-refractivity contribution in [1.29, 1.82) is 0 Å². The summed E-state index contributed by atoms with van der Waals surface area (Å²) in [4.78, 5) is 10.0. The van der Waals surface area contributed by atoms with Crippen LogP contribution in [0.3, 0.4) is 0 Å². The topological polar surface area (TPSA) is 17.1 Å². The van der Waals surface area contributed by atoms with Crippen molar-refractivity contribution in [3.05, 3.63) is 23.3 Å². The van der Waals surface area contributed by atoms with Crippen LogP contribution in [0.2, 0.25) is 0 Å².